The van der Waals surface area contributed by atoms with E-state index in [0.717, 1.165) is 19.3 Å². The van der Waals surface area contributed by atoms with E-state index in [1.807, 2.05) is 0 Å². The molecule has 2 heterocycles. The first kappa shape index (κ1) is 12.4. The summed E-state index contributed by atoms with van der Waals surface area (Å²) in [5, 5.41) is 9.11. The number of carboxylic acid groups (broad SMARTS) is 1. The normalized spacial score (nSPS) is 31.6. The number of ether oxygens (including phenoxy) is 1. The molecule has 0 aromatic rings. The molecular weight excluding hydrogens is 222 g/mol. The zero-order valence-corrected chi connectivity index (χ0v) is 10.5. The van der Waals surface area contributed by atoms with Gasteiger partial charge in [-0.1, -0.05) is 0 Å². The molecule has 3 atom stereocenters. The van der Waals surface area contributed by atoms with Crippen LogP contribution in [-0.4, -0.2) is 46.7 Å². The summed E-state index contributed by atoms with van der Waals surface area (Å²) in [7, 11) is 1.56. The molecule has 3 unspecified atom stereocenters. The lowest BCUT2D eigenvalue weighted by Gasteiger charge is -2.34. The zero-order valence-electron chi connectivity index (χ0n) is 10.5. The lowest BCUT2D eigenvalue weighted by Crippen LogP contribution is -2.53. The number of carbonyl (C=O) groups excluding carboxylic acids is 1. The fourth-order valence-electron chi connectivity index (χ4n) is 2.57. The Morgan fingerprint density at radius 2 is 2.00 bits per heavy atom. The van der Waals surface area contributed by atoms with Crippen molar-refractivity contribution >= 4 is 11.9 Å². The minimum absolute atomic E-state index is 0.000421. The third-order valence-electron chi connectivity index (χ3n) is 4.12. The lowest BCUT2D eigenvalue weighted by molar-refractivity contribution is -0.157. The predicted molar refractivity (Wildman–Crippen MR) is 60.5 cm³/mol. The largest absolute Gasteiger partial charge is 0.480 e. The van der Waals surface area contributed by atoms with Gasteiger partial charge < -0.3 is 14.7 Å². The Morgan fingerprint density at radius 1 is 1.35 bits per heavy atom. The van der Waals surface area contributed by atoms with Crippen molar-refractivity contribution in [3.63, 3.8) is 0 Å². The molecule has 5 heteroatoms. The van der Waals surface area contributed by atoms with E-state index in [9.17, 15) is 9.59 Å². The van der Waals surface area contributed by atoms with Crippen molar-refractivity contribution in [2.24, 2.45) is 5.92 Å². The van der Waals surface area contributed by atoms with Gasteiger partial charge in [-0.05, 0) is 33.1 Å². The summed E-state index contributed by atoms with van der Waals surface area (Å²) in [5.74, 6) is -1.25. The number of rotatable bonds is 3. The highest BCUT2D eigenvalue weighted by molar-refractivity contribution is 5.87. The standard InChI is InChI=1S/C12H19NO4/c1-12(2,11(15)16)13(3)10(14)8-6-7-4-5-9(8)17-7/h7-9H,4-6H2,1-3H3,(H,15,16). The first-order chi connectivity index (χ1) is 7.84. The summed E-state index contributed by atoms with van der Waals surface area (Å²) < 4.78 is 5.63. The van der Waals surface area contributed by atoms with Gasteiger partial charge in [-0.15, -0.1) is 0 Å². The van der Waals surface area contributed by atoms with Crippen LogP contribution in [0.2, 0.25) is 0 Å². The fraction of sp³-hybridized carbons (Fsp3) is 0.833. The third kappa shape index (κ3) is 1.92. The second-order valence-corrected chi connectivity index (χ2v) is 5.48. The number of aliphatic carboxylic acids is 1. The monoisotopic (exact) mass is 241 g/mol. The Balaban J connectivity index is 2.08. The van der Waals surface area contributed by atoms with Crippen LogP contribution < -0.4 is 0 Å². The second-order valence-electron chi connectivity index (χ2n) is 5.48. The first-order valence-corrected chi connectivity index (χ1v) is 6.00. The summed E-state index contributed by atoms with van der Waals surface area (Å²) in [5.41, 5.74) is -1.17. The number of hydrogen-bond acceptors (Lipinski definition) is 3. The van der Waals surface area contributed by atoms with Crippen LogP contribution in [0.15, 0.2) is 0 Å². The van der Waals surface area contributed by atoms with Gasteiger partial charge in [-0.3, -0.25) is 4.79 Å². The van der Waals surface area contributed by atoms with Crippen molar-refractivity contribution < 1.29 is 19.4 Å². The molecule has 2 aliphatic rings. The molecule has 0 radical (unpaired) electrons. The van der Waals surface area contributed by atoms with E-state index in [-0.39, 0.29) is 24.0 Å². The average Bonchev–Trinajstić information content (AvgIpc) is 2.88. The molecule has 17 heavy (non-hydrogen) atoms. The van der Waals surface area contributed by atoms with Crippen LogP contribution >= 0.6 is 0 Å². The van der Waals surface area contributed by atoms with Crippen molar-refractivity contribution in [2.45, 2.75) is 50.9 Å². The smallest absolute Gasteiger partial charge is 0.329 e. The fourth-order valence-corrected chi connectivity index (χ4v) is 2.57. The SMILES string of the molecule is CN(C(=O)C1CC2CCC1O2)C(C)(C)C(=O)O. The molecule has 0 saturated carbocycles. The van der Waals surface area contributed by atoms with Crippen LogP contribution in [0.5, 0.6) is 0 Å². The van der Waals surface area contributed by atoms with E-state index in [1.54, 1.807) is 20.9 Å². The van der Waals surface area contributed by atoms with Crippen molar-refractivity contribution in [2.75, 3.05) is 7.05 Å². The Kier molecular flexibility index (Phi) is 2.89. The Morgan fingerprint density at radius 3 is 2.41 bits per heavy atom. The first-order valence-electron chi connectivity index (χ1n) is 6.00. The van der Waals surface area contributed by atoms with Crippen LogP contribution in [0.4, 0.5) is 0 Å². The molecule has 2 bridgehead atoms. The maximum Gasteiger partial charge on any atom is 0.329 e. The Labute approximate surface area is 101 Å². The molecule has 0 aromatic carbocycles. The predicted octanol–water partition coefficient (Wildman–Crippen LogP) is 0.876. The van der Waals surface area contributed by atoms with Crippen LogP contribution in [0.1, 0.15) is 33.1 Å². The number of fused-ring (bicyclic) bond motifs is 2. The number of hydrogen-bond donors (Lipinski definition) is 1. The molecule has 2 saturated heterocycles. The zero-order chi connectivity index (χ0) is 12.8. The molecule has 2 aliphatic heterocycles. The highest BCUT2D eigenvalue weighted by Crippen LogP contribution is 2.40. The number of likely N-dealkylation sites (N-methyl/N-ethyl adjacent to an activating group) is 1. The van der Waals surface area contributed by atoms with Crippen molar-refractivity contribution in [1.82, 2.24) is 4.90 Å². The van der Waals surface area contributed by atoms with Crippen LogP contribution in [0, 0.1) is 5.92 Å². The van der Waals surface area contributed by atoms with Crippen LogP contribution in [0.3, 0.4) is 0 Å². The number of nitrogens with zero attached hydrogens (tertiary/aromatic N) is 1. The molecule has 96 valence electrons. The van der Waals surface area contributed by atoms with Gasteiger partial charge in [0.2, 0.25) is 5.91 Å². The van der Waals surface area contributed by atoms with Crippen molar-refractivity contribution in [3.05, 3.63) is 0 Å². The van der Waals surface area contributed by atoms with Crippen LogP contribution in [-0.2, 0) is 14.3 Å². The Bertz CT molecular complexity index is 352. The quantitative estimate of drug-likeness (QED) is 0.796. The number of amides is 1. The second kappa shape index (κ2) is 3.98. The van der Waals surface area contributed by atoms with E-state index >= 15 is 0 Å². The molecule has 0 spiro atoms. The average molecular weight is 241 g/mol. The van der Waals surface area contributed by atoms with Gasteiger partial charge in [-0.25, -0.2) is 4.79 Å². The summed E-state index contributed by atoms with van der Waals surface area (Å²) in [6.07, 6.45) is 2.89. The van der Waals surface area contributed by atoms with Gasteiger partial charge in [0.1, 0.15) is 5.54 Å². The van der Waals surface area contributed by atoms with E-state index in [0.29, 0.717) is 0 Å². The van der Waals surface area contributed by atoms with Gasteiger partial charge in [0.25, 0.3) is 0 Å². The van der Waals surface area contributed by atoms with Gasteiger partial charge >= 0.3 is 5.97 Å². The van der Waals surface area contributed by atoms with E-state index < -0.39 is 11.5 Å². The third-order valence-corrected chi connectivity index (χ3v) is 4.12. The highest BCUT2D eigenvalue weighted by atomic mass is 16.5. The summed E-state index contributed by atoms with van der Waals surface area (Å²) in [4.78, 5) is 24.7. The van der Waals surface area contributed by atoms with Gasteiger partial charge in [0, 0.05) is 7.05 Å². The minimum Gasteiger partial charge on any atom is -0.480 e. The van der Waals surface area contributed by atoms with Gasteiger partial charge in [0.05, 0.1) is 18.1 Å². The maximum atomic E-state index is 12.3. The topological polar surface area (TPSA) is 66.8 Å². The maximum absolute atomic E-state index is 12.3. The Hall–Kier alpha value is -1.10. The molecule has 2 rings (SSSR count). The molecule has 0 aliphatic carbocycles. The molecule has 2 fully saturated rings. The minimum atomic E-state index is -1.17. The van der Waals surface area contributed by atoms with Crippen LogP contribution in [0.25, 0.3) is 0 Å². The summed E-state index contributed by atoms with van der Waals surface area (Å²) in [6, 6.07) is 0. The molecule has 1 amide bonds. The van der Waals surface area contributed by atoms with E-state index in [1.165, 1.54) is 4.90 Å². The molecule has 0 aromatic heterocycles. The number of carboxylic acids is 1. The van der Waals surface area contributed by atoms with E-state index in [2.05, 4.69) is 0 Å². The summed E-state index contributed by atoms with van der Waals surface area (Å²) in [6.45, 7) is 3.09. The lowest BCUT2D eigenvalue weighted by atomic mass is 9.87. The number of carbonyl (C=O) groups is 2. The highest BCUT2D eigenvalue weighted by Gasteiger charge is 2.48. The van der Waals surface area contributed by atoms with Gasteiger partial charge in [0.15, 0.2) is 0 Å². The molecule has 1 N–H and O–H groups in total. The van der Waals surface area contributed by atoms with Crippen molar-refractivity contribution in [1.29, 1.82) is 0 Å². The summed E-state index contributed by atoms with van der Waals surface area (Å²) >= 11 is 0. The van der Waals surface area contributed by atoms with Crippen molar-refractivity contribution in [3.8, 4) is 0 Å². The van der Waals surface area contributed by atoms with E-state index in [4.69, 9.17) is 9.84 Å². The molecule has 5 nitrogen and oxygen atoms in total. The molecular formula is C12H19NO4. The van der Waals surface area contributed by atoms with Gasteiger partial charge in [-0.2, -0.15) is 0 Å².